The Kier molecular flexibility index (Phi) is 7.48. The standard InChI is InChI=1S/C18H25NO4/c1-5-23-18(22)13(2)12-19(14(3)11-17(20)21)15(4)16-9-7-6-8-10-16/h6-10,14-15H,2,5,11-12H2,1,3-4H3,(H,20,21). The summed E-state index contributed by atoms with van der Waals surface area (Å²) in [5.41, 5.74) is 1.38. The highest BCUT2D eigenvalue weighted by molar-refractivity contribution is 5.88. The largest absolute Gasteiger partial charge is 0.481 e. The first-order valence-corrected chi connectivity index (χ1v) is 7.74. The van der Waals surface area contributed by atoms with Crippen molar-refractivity contribution in [3.63, 3.8) is 0 Å². The van der Waals surface area contributed by atoms with Crippen molar-refractivity contribution < 1.29 is 19.4 Å². The van der Waals surface area contributed by atoms with Crippen molar-refractivity contribution in [3.8, 4) is 0 Å². The van der Waals surface area contributed by atoms with E-state index in [1.54, 1.807) is 6.92 Å². The van der Waals surface area contributed by atoms with Gasteiger partial charge in [0.1, 0.15) is 0 Å². The topological polar surface area (TPSA) is 66.8 Å². The van der Waals surface area contributed by atoms with Crippen molar-refractivity contribution in [3.05, 3.63) is 48.0 Å². The molecule has 1 rings (SSSR count). The van der Waals surface area contributed by atoms with Crippen LogP contribution in [0.3, 0.4) is 0 Å². The smallest absolute Gasteiger partial charge is 0.334 e. The zero-order valence-electron chi connectivity index (χ0n) is 14.0. The minimum atomic E-state index is -0.871. The Bertz CT molecular complexity index is 541. The van der Waals surface area contributed by atoms with Crippen LogP contribution in [-0.4, -0.2) is 41.1 Å². The van der Waals surface area contributed by atoms with E-state index in [1.807, 2.05) is 49.1 Å². The number of hydrogen-bond donors (Lipinski definition) is 1. The molecular formula is C18H25NO4. The average Bonchev–Trinajstić information content (AvgIpc) is 2.52. The highest BCUT2D eigenvalue weighted by Crippen LogP contribution is 2.24. The minimum Gasteiger partial charge on any atom is -0.481 e. The molecule has 1 N–H and O–H groups in total. The lowest BCUT2D eigenvalue weighted by atomic mass is 10.0. The fourth-order valence-corrected chi connectivity index (χ4v) is 2.49. The lowest BCUT2D eigenvalue weighted by molar-refractivity contribution is -0.138. The van der Waals surface area contributed by atoms with Crippen LogP contribution in [0.25, 0.3) is 0 Å². The summed E-state index contributed by atoms with van der Waals surface area (Å²) in [6.45, 7) is 9.91. The van der Waals surface area contributed by atoms with E-state index in [1.165, 1.54) is 0 Å². The van der Waals surface area contributed by atoms with E-state index in [0.717, 1.165) is 5.56 Å². The Balaban J connectivity index is 2.95. The summed E-state index contributed by atoms with van der Waals surface area (Å²) in [5.74, 6) is -1.32. The molecule has 0 aliphatic carbocycles. The van der Waals surface area contributed by atoms with Crippen LogP contribution in [0.4, 0.5) is 0 Å². The molecule has 0 saturated heterocycles. The van der Waals surface area contributed by atoms with Crippen molar-refractivity contribution >= 4 is 11.9 Å². The Morgan fingerprint density at radius 3 is 2.39 bits per heavy atom. The lowest BCUT2D eigenvalue weighted by Gasteiger charge is -2.34. The summed E-state index contributed by atoms with van der Waals surface area (Å²) >= 11 is 0. The van der Waals surface area contributed by atoms with Crippen molar-refractivity contribution in [2.45, 2.75) is 39.3 Å². The molecule has 0 aliphatic rings. The van der Waals surface area contributed by atoms with Crippen LogP contribution < -0.4 is 0 Å². The quantitative estimate of drug-likeness (QED) is 0.560. The van der Waals surface area contributed by atoms with Crippen LogP contribution in [0.15, 0.2) is 42.5 Å². The third-order valence-corrected chi connectivity index (χ3v) is 3.75. The Morgan fingerprint density at radius 1 is 1.26 bits per heavy atom. The molecule has 2 unspecified atom stereocenters. The molecule has 126 valence electrons. The van der Waals surface area contributed by atoms with Gasteiger partial charge in [-0.15, -0.1) is 0 Å². The summed E-state index contributed by atoms with van der Waals surface area (Å²) in [7, 11) is 0. The fourth-order valence-electron chi connectivity index (χ4n) is 2.49. The molecule has 0 spiro atoms. The fraction of sp³-hybridized carbons (Fsp3) is 0.444. The van der Waals surface area contributed by atoms with Gasteiger partial charge in [-0.2, -0.15) is 0 Å². The molecule has 23 heavy (non-hydrogen) atoms. The monoisotopic (exact) mass is 319 g/mol. The van der Waals surface area contributed by atoms with Crippen LogP contribution in [-0.2, 0) is 14.3 Å². The van der Waals surface area contributed by atoms with Crippen LogP contribution in [0.1, 0.15) is 38.8 Å². The third-order valence-electron chi connectivity index (χ3n) is 3.75. The van der Waals surface area contributed by atoms with Gasteiger partial charge in [0.25, 0.3) is 0 Å². The maximum absolute atomic E-state index is 11.8. The second-order valence-electron chi connectivity index (χ2n) is 5.53. The van der Waals surface area contributed by atoms with Crippen molar-refractivity contribution in [1.29, 1.82) is 0 Å². The maximum Gasteiger partial charge on any atom is 0.334 e. The van der Waals surface area contributed by atoms with E-state index in [-0.39, 0.29) is 31.7 Å². The van der Waals surface area contributed by atoms with Gasteiger partial charge in [-0.1, -0.05) is 36.9 Å². The SMILES string of the molecule is C=C(CN(C(C)CC(=O)O)C(C)c1ccccc1)C(=O)OCC. The molecule has 5 nitrogen and oxygen atoms in total. The zero-order chi connectivity index (χ0) is 17.4. The van der Waals surface area contributed by atoms with Crippen LogP contribution >= 0.6 is 0 Å². The van der Waals surface area contributed by atoms with Crippen molar-refractivity contribution in [2.75, 3.05) is 13.2 Å². The lowest BCUT2D eigenvalue weighted by Crippen LogP contribution is -2.39. The zero-order valence-corrected chi connectivity index (χ0v) is 14.0. The van der Waals surface area contributed by atoms with Gasteiger partial charge >= 0.3 is 11.9 Å². The normalized spacial score (nSPS) is 13.4. The molecular weight excluding hydrogens is 294 g/mol. The summed E-state index contributed by atoms with van der Waals surface area (Å²) < 4.78 is 4.97. The summed E-state index contributed by atoms with van der Waals surface area (Å²) in [5, 5.41) is 9.07. The van der Waals surface area contributed by atoms with Crippen LogP contribution in [0.5, 0.6) is 0 Å². The molecule has 0 bridgehead atoms. The number of ether oxygens (including phenoxy) is 1. The van der Waals surface area contributed by atoms with Gasteiger partial charge in [-0.3, -0.25) is 9.69 Å². The first-order valence-electron chi connectivity index (χ1n) is 7.74. The highest BCUT2D eigenvalue weighted by atomic mass is 16.5. The van der Waals surface area contributed by atoms with Crippen LogP contribution in [0, 0.1) is 0 Å². The second-order valence-corrected chi connectivity index (χ2v) is 5.53. The molecule has 1 aromatic rings. The van der Waals surface area contributed by atoms with Crippen molar-refractivity contribution in [2.24, 2.45) is 0 Å². The molecule has 0 saturated carbocycles. The van der Waals surface area contributed by atoms with E-state index in [0.29, 0.717) is 5.57 Å². The maximum atomic E-state index is 11.8. The number of hydrogen-bond acceptors (Lipinski definition) is 4. The molecule has 2 atom stereocenters. The number of nitrogens with zero attached hydrogens (tertiary/aromatic N) is 1. The average molecular weight is 319 g/mol. The number of rotatable bonds is 9. The van der Waals surface area contributed by atoms with Gasteiger partial charge in [0.2, 0.25) is 0 Å². The summed E-state index contributed by atoms with van der Waals surface area (Å²) in [4.78, 5) is 24.8. The molecule has 0 radical (unpaired) electrons. The van der Waals surface area contributed by atoms with Crippen LogP contribution in [0.2, 0.25) is 0 Å². The van der Waals surface area contributed by atoms with E-state index in [2.05, 4.69) is 6.58 Å². The van der Waals surface area contributed by atoms with E-state index < -0.39 is 11.9 Å². The Hall–Kier alpha value is -2.14. The molecule has 1 aromatic carbocycles. The van der Waals surface area contributed by atoms with Gasteiger partial charge in [0, 0.05) is 24.2 Å². The predicted octanol–water partition coefficient (Wildman–Crippen LogP) is 3.03. The summed E-state index contributed by atoms with van der Waals surface area (Å²) in [6.07, 6.45) is -0.00667. The predicted molar refractivity (Wildman–Crippen MR) is 89.1 cm³/mol. The number of carbonyl (C=O) groups is 2. The second kappa shape index (κ2) is 9.10. The summed E-state index contributed by atoms with van der Waals surface area (Å²) in [6, 6.07) is 9.48. The van der Waals surface area contributed by atoms with Gasteiger partial charge in [-0.05, 0) is 26.3 Å². The molecule has 0 amide bonds. The Labute approximate surface area is 137 Å². The highest BCUT2D eigenvalue weighted by Gasteiger charge is 2.25. The molecule has 5 heteroatoms. The number of carbonyl (C=O) groups excluding carboxylic acids is 1. The van der Waals surface area contributed by atoms with Gasteiger partial charge < -0.3 is 9.84 Å². The third kappa shape index (κ3) is 5.87. The van der Waals surface area contributed by atoms with E-state index in [4.69, 9.17) is 9.84 Å². The first kappa shape index (κ1) is 18.9. The molecule has 0 aromatic heterocycles. The van der Waals surface area contributed by atoms with E-state index in [9.17, 15) is 9.59 Å². The number of esters is 1. The van der Waals surface area contributed by atoms with Gasteiger partial charge in [-0.25, -0.2) is 4.79 Å². The minimum absolute atomic E-state index is 0.00667. The van der Waals surface area contributed by atoms with E-state index >= 15 is 0 Å². The van der Waals surface area contributed by atoms with Gasteiger partial charge in [0.15, 0.2) is 0 Å². The first-order chi connectivity index (χ1) is 10.9. The molecule has 0 heterocycles. The van der Waals surface area contributed by atoms with Gasteiger partial charge in [0.05, 0.1) is 13.0 Å². The number of aliphatic carboxylic acids is 1. The Morgan fingerprint density at radius 2 is 1.87 bits per heavy atom. The number of benzene rings is 1. The number of carboxylic acid groups (broad SMARTS) is 1. The molecule has 0 fully saturated rings. The van der Waals surface area contributed by atoms with Crippen molar-refractivity contribution in [1.82, 2.24) is 4.90 Å². The number of carboxylic acids is 1. The molecule has 0 aliphatic heterocycles.